The lowest BCUT2D eigenvalue weighted by Crippen LogP contribution is -2.41. The molecule has 2 aromatic carbocycles. The minimum Gasteiger partial charge on any atom is -0.457 e. The summed E-state index contributed by atoms with van der Waals surface area (Å²) < 4.78 is 5.78. The molecule has 0 bridgehead atoms. The van der Waals surface area contributed by atoms with Crippen molar-refractivity contribution in [1.29, 1.82) is 0 Å². The molecule has 28 heavy (non-hydrogen) atoms. The van der Waals surface area contributed by atoms with Crippen molar-refractivity contribution in [3.8, 4) is 11.5 Å². The van der Waals surface area contributed by atoms with Crippen molar-refractivity contribution >= 4 is 17.5 Å². The number of rotatable bonds is 9. The summed E-state index contributed by atoms with van der Waals surface area (Å²) in [5.41, 5.74) is 1.86. The summed E-state index contributed by atoms with van der Waals surface area (Å²) in [5, 5.41) is 2.84. The Hall–Kier alpha value is -2.86. The van der Waals surface area contributed by atoms with Crippen LogP contribution in [0, 0.1) is 6.92 Å². The van der Waals surface area contributed by atoms with Gasteiger partial charge in [0.15, 0.2) is 0 Å². The highest BCUT2D eigenvalue weighted by molar-refractivity contribution is 5.92. The number of ether oxygens (including phenoxy) is 1. The van der Waals surface area contributed by atoms with Crippen molar-refractivity contribution in [1.82, 2.24) is 9.80 Å². The van der Waals surface area contributed by atoms with Crippen molar-refractivity contribution < 1.29 is 14.3 Å². The number of benzene rings is 2. The molecule has 0 unspecified atom stereocenters. The number of anilines is 1. The van der Waals surface area contributed by atoms with Crippen LogP contribution in [0.3, 0.4) is 0 Å². The van der Waals surface area contributed by atoms with Crippen LogP contribution >= 0.6 is 0 Å². The summed E-state index contributed by atoms with van der Waals surface area (Å²) in [6.07, 6.45) is 0. The summed E-state index contributed by atoms with van der Waals surface area (Å²) in [6.45, 7) is 7.63. The van der Waals surface area contributed by atoms with E-state index in [1.807, 2.05) is 57.2 Å². The van der Waals surface area contributed by atoms with E-state index in [0.717, 1.165) is 5.75 Å². The smallest absolute Gasteiger partial charge is 0.238 e. The highest BCUT2D eigenvalue weighted by Crippen LogP contribution is 2.23. The highest BCUT2D eigenvalue weighted by Gasteiger charge is 2.14. The van der Waals surface area contributed by atoms with E-state index >= 15 is 0 Å². The molecule has 0 spiro atoms. The Morgan fingerprint density at radius 1 is 0.893 bits per heavy atom. The number of aryl methyl sites for hydroxylation is 1. The van der Waals surface area contributed by atoms with Gasteiger partial charge < -0.3 is 15.0 Å². The standard InChI is InChI=1S/C22H29N3O3/c1-5-25(6-2)22(27)16-24(4)15-21(26)23-18-9-13-20(14-10-18)28-19-11-7-17(3)8-12-19/h7-14H,5-6,15-16H2,1-4H3,(H,23,26). The first-order valence-corrected chi connectivity index (χ1v) is 9.52. The minimum absolute atomic E-state index is 0.0258. The zero-order valence-electron chi connectivity index (χ0n) is 17.1. The van der Waals surface area contributed by atoms with Crippen molar-refractivity contribution in [2.24, 2.45) is 0 Å². The number of carbonyl (C=O) groups excluding carboxylic acids is 2. The molecule has 0 aromatic heterocycles. The zero-order chi connectivity index (χ0) is 20.5. The third-order valence-electron chi connectivity index (χ3n) is 4.33. The average Bonchev–Trinajstić information content (AvgIpc) is 2.66. The van der Waals surface area contributed by atoms with Gasteiger partial charge in [0, 0.05) is 18.8 Å². The Labute approximate surface area is 167 Å². The zero-order valence-corrected chi connectivity index (χ0v) is 17.1. The molecule has 2 rings (SSSR count). The lowest BCUT2D eigenvalue weighted by atomic mass is 10.2. The number of amides is 2. The van der Waals surface area contributed by atoms with Crippen LogP contribution in [0.25, 0.3) is 0 Å². The molecule has 0 aliphatic carbocycles. The van der Waals surface area contributed by atoms with Gasteiger partial charge in [0.05, 0.1) is 13.1 Å². The molecule has 0 aliphatic heterocycles. The van der Waals surface area contributed by atoms with E-state index in [4.69, 9.17) is 4.74 Å². The fourth-order valence-electron chi connectivity index (χ4n) is 2.76. The Bertz CT molecular complexity index is 769. The molecule has 0 saturated heterocycles. The van der Waals surface area contributed by atoms with E-state index in [1.165, 1.54) is 5.56 Å². The van der Waals surface area contributed by atoms with E-state index in [-0.39, 0.29) is 24.9 Å². The third kappa shape index (κ3) is 6.70. The van der Waals surface area contributed by atoms with Crippen LogP contribution in [0.1, 0.15) is 19.4 Å². The van der Waals surface area contributed by atoms with Crippen molar-refractivity contribution in [3.63, 3.8) is 0 Å². The lowest BCUT2D eigenvalue weighted by Gasteiger charge is -2.22. The van der Waals surface area contributed by atoms with Crippen LogP contribution in [-0.2, 0) is 9.59 Å². The molecule has 0 aliphatic rings. The Kier molecular flexibility index (Phi) is 8.02. The fraction of sp³-hybridized carbons (Fsp3) is 0.364. The van der Waals surface area contributed by atoms with Gasteiger partial charge in [-0.15, -0.1) is 0 Å². The molecule has 150 valence electrons. The van der Waals surface area contributed by atoms with E-state index in [9.17, 15) is 9.59 Å². The van der Waals surface area contributed by atoms with E-state index < -0.39 is 0 Å². The van der Waals surface area contributed by atoms with Gasteiger partial charge in [0.25, 0.3) is 0 Å². The monoisotopic (exact) mass is 383 g/mol. The summed E-state index contributed by atoms with van der Waals surface area (Å²) in [6, 6.07) is 15.0. The molecular formula is C22H29N3O3. The SMILES string of the molecule is CCN(CC)C(=O)CN(C)CC(=O)Nc1ccc(Oc2ccc(C)cc2)cc1. The molecule has 0 heterocycles. The molecule has 6 nitrogen and oxygen atoms in total. The Balaban J connectivity index is 1.83. The van der Waals surface area contributed by atoms with E-state index in [2.05, 4.69) is 5.32 Å². The van der Waals surface area contributed by atoms with Gasteiger partial charge >= 0.3 is 0 Å². The Morgan fingerprint density at radius 3 is 1.96 bits per heavy atom. The van der Waals surface area contributed by atoms with Crippen LogP contribution in [-0.4, -0.2) is 54.8 Å². The number of nitrogens with zero attached hydrogens (tertiary/aromatic N) is 2. The third-order valence-corrected chi connectivity index (χ3v) is 4.33. The first-order valence-electron chi connectivity index (χ1n) is 9.52. The van der Waals surface area contributed by atoms with Crippen LogP contribution in [0.2, 0.25) is 0 Å². The predicted molar refractivity (Wildman–Crippen MR) is 112 cm³/mol. The fourth-order valence-corrected chi connectivity index (χ4v) is 2.76. The summed E-state index contributed by atoms with van der Waals surface area (Å²) >= 11 is 0. The molecule has 0 saturated carbocycles. The normalized spacial score (nSPS) is 10.6. The van der Waals surface area contributed by atoms with Gasteiger partial charge in [-0.2, -0.15) is 0 Å². The van der Waals surface area contributed by atoms with Gasteiger partial charge in [-0.1, -0.05) is 17.7 Å². The molecule has 2 amide bonds. The second-order valence-electron chi connectivity index (χ2n) is 6.73. The van der Waals surface area contributed by atoms with Crippen molar-refractivity contribution in [2.75, 3.05) is 38.5 Å². The van der Waals surface area contributed by atoms with Gasteiger partial charge in [-0.25, -0.2) is 0 Å². The molecule has 0 fully saturated rings. The Morgan fingerprint density at radius 2 is 1.43 bits per heavy atom. The van der Waals surface area contributed by atoms with Gasteiger partial charge in [0.1, 0.15) is 11.5 Å². The maximum absolute atomic E-state index is 12.2. The number of hydrogen-bond donors (Lipinski definition) is 1. The van der Waals surface area contributed by atoms with Crippen LogP contribution in [0.5, 0.6) is 11.5 Å². The molecule has 2 aromatic rings. The highest BCUT2D eigenvalue weighted by atomic mass is 16.5. The first-order chi connectivity index (χ1) is 13.4. The number of nitrogens with one attached hydrogen (secondary N) is 1. The topological polar surface area (TPSA) is 61.9 Å². The number of likely N-dealkylation sites (N-methyl/N-ethyl adjacent to an activating group) is 2. The van der Waals surface area contributed by atoms with E-state index in [0.29, 0.717) is 24.5 Å². The maximum atomic E-state index is 12.2. The summed E-state index contributed by atoms with van der Waals surface area (Å²) in [5.74, 6) is 1.32. The van der Waals surface area contributed by atoms with Crippen LogP contribution in [0.15, 0.2) is 48.5 Å². The maximum Gasteiger partial charge on any atom is 0.238 e. The van der Waals surface area contributed by atoms with E-state index in [1.54, 1.807) is 29.0 Å². The van der Waals surface area contributed by atoms with Gasteiger partial charge in [-0.3, -0.25) is 14.5 Å². The predicted octanol–water partition coefficient (Wildman–Crippen LogP) is 3.53. The molecule has 6 heteroatoms. The first kappa shape index (κ1) is 21.4. The summed E-state index contributed by atoms with van der Waals surface area (Å²) in [7, 11) is 1.76. The second-order valence-corrected chi connectivity index (χ2v) is 6.73. The van der Waals surface area contributed by atoms with Gasteiger partial charge in [-0.05, 0) is 64.2 Å². The van der Waals surface area contributed by atoms with Crippen LogP contribution in [0.4, 0.5) is 5.69 Å². The molecule has 0 atom stereocenters. The lowest BCUT2D eigenvalue weighted by molar-refractivity contribution is -0.132. The molecular weight excluding hydrogens is 354 g/mol. The van der Waals surface area contributed by atoms with Gasteiger partial charge in [0.2, 0.25) is 11.8 Å². The quantitative estimate of drug-likeness (QED) is 0.720. The van der Waals surface area contributed by atoms with Crippen molar-refractivity contribution in [3.05, 3.63) is 54.1 Å². The molecule has 1 N–H and O–H groups in total. The average molecular weight is 383 g/mol. The number of carbonyl (C=O) groups is 2. The van der Waals surface area contributed by atoms with Crippen LogP contribution < -0.4 is 10.1 Å². The minimum atomic E-state index is -0.165. The number of hydrogen-bond acceptors (Lipinski definition) is 4. The van der Waals surface area contributed by atoms with Crippen molar-refractivity contribution in [2.45, 2.75) is 20.8 Å². The largest absolute Gasteiger partial charge is 0.457 e. The molecule has 0 radical (unpaired) electrons. The summed E-state index contributed by atoms with van der Waals surface area (Å²) in [4.78, 5) is 27.8. The second kappa shape index (κ2) is 10.5.